The van der Waals surface area contributed by atoms with E-state index in [0.717, 1.165) is 5.70 Å². The van der Waals surface area contributed by atoms with E-state index in [-0.39, 0.29) is 5.82 Å². The summed E-state index contributed by atoms with van der Waals surface area (Å²) in [6, 6.07) is 4.61. The second kappa shape index (κ2) is 8.77. The third-order valence-corrected chi connectivity index (χ3v) is 4.57. The van der Waals surface area contributed by atoms with Crippen LogP contribution in [0.5, 0.6) is 0 Å². The van der Waals surface area contributed by atoms with E-state index >= 15 is 0 Å². The Bertz CT molecular complexity index is 956. The van der Waals surface area contributed by atoms with Crippen molar-refractivity contribution >= 4 is 23.9 Å². The van der Waals surface area contributed by atoms with Gasteiger partial charge < -0.3 is 5.32 Å². The second-order valence-corrected chi connectivity index (χ2v) is 7.15. The number of allylic oxidation sites excluding steroid dienone is 5. The third kappa shape index (κ3) is 4.74. The van der Waals surface area contributed by atoms with E-state index in [9.17, 15) is 14.0 Å². The maximum atomic E-state index is 13.4. The van der Waals surface area contributed by atoms with Crippen LogP contribution in [0.3, 0.4) is 0 Å². The molecule has 2 unspecified atom stereocenters. The molecule has 1 fully saturated rings. The van der Waals surface area contributed by atoms with Crippen LogP contribution < -0.4 is 10.6 Å². The summed E-state index contributed by atoms with van der Waals surface area (Å²) in [5, 5.41) is 9.55. The lowest BCUT2D eigenvalue weighted by Gasteiger charge is -2.12. The van der Waals surface area contributed by atoms with E-state index in [4.69, 9.17) is 0 Å². The van der Waals surface area contributed by atoms with Crippen LogP contribution in [0.25, 0.3) is 0 Å². The van der Waals surface area contributed by atoms with Crippen molar-refractivity contribution in [2.24, 2.45) is 16.9 Å². The standard InChI is InChI=1S/C22H23FN4O2/c1-4-17(8-6-5-7-14(2)3)27-13-18(20-21(28)25-22(29)24-20)19(26-27)15-9-11-16(23)12-10-15/h4-14,18,20H,1-3H3,(H-,24,25,28,29)/p+1/b7-5+,8-6-,17-4+. The summed E-state index contributed by atoms with van der Waals surface area (Å²) in [4.78, 5) is 23.9. The predicted molar refractivity (Wildman–Crippen MR) is 110 cm³/mol. The topological polar surface area (TPSA) is 73.6 Å². The summed E-state index contributed by atoms with van der Waals surface area (Å²) >= 11 is 0. The van der Waals surface area contributed by atoms with Crippen molar-refractivity contribution in [2.45, 2.75) is 26.8 Å². The van der Waals surface area contributed by atoms with Gasteiger partial charge in [0.05, 0.1) is 0 Å². The quantitative estimate of drug-likeness (QED) is 0.441. The van der Waals surface area contributed by atoms with Crippen LogP contribution in [0.15, 0.2) is 65.4 Å². The minimum absolute atomic E-state index is 0.356. The summed E-state index contributed by atoms with van der Waals surface area (Å²) in [5.41, 5.74) is 2.08. The minimum Gasteiger partial charge on any atom is -0.325 e. The molecule has 0 saturated carbocycles. The fraction of sp³-hybridized carbons (Fsp3) is 0.273. The molecule has 3 rings (SSSR count). The zero-order valence-electron chi connectivity index (χ0n) is 16.6. The molecule has 29 heavy (non-hydrogen) atoms. The molecule has 0 aromatic heterocycles. The summed E-state index contributed by atoms with van der Waals surface area (Å²) in [7, 11) is 0. The van der Waals surface area contributed by atoms with Crippen LogP contribution in [-0.2, 0) is 4.79 Å². The zero-order valence-corrected chi connectivity index (χ0v) is 16.6. The normalized spacial score (nSPS) is 22.4. The first-order chi connectivity index (χ1) is 13.9. The highest BCUT2D eigenvalue weighted by Gasteiger charge is 2.44. The number of urea groups is 1. The SMILES string of the molecule is C\C=C(/C=C\C=C\C(C)C)[N+]1=CC(C2NC(=O)NC2=O)C(c2ccc(F)cc2)=N1. The van der Waals surface area contributed by atoms with Crippen molar-refractivity contribution in [1.29, 1.82) is 0 Å². The fourth-order valence-corrected chi connectivity index (χ4v) is 3.13. The van der Waals surface area contributed by atoms with Crippen LogP contribution in [0.2, 0.25) is 0 Å². The minimum atomic E-state index is -0.778. The van der Waals surface area contributed by atoms with Gasteiger partial charge in [0.15, 0.2) is 6.21 Å². The molecule has 150 valence electrons. The Morgan fingerprint density at radius 1 is 1.21 bits per heavy atom. The van der Waals surface area contributed by atoms with Crippen molar-refractivity contribution in [3.05, 3.63) is 71.7 Å². The van der Waals surface area contributed by atoms with Crippen LogP contribution in [0, 0.1) is 17.7 Å². The number of nitrogens with zero attached hydrogens (tertiary/aromatic N) is 2. The number of benzene rings is 1. The molecular formula is C22H24FN4O2+. The molecule has 0 spiro atoms. The number of hydrazone groups is 1. The Labute approximate surface area is 169 Å². The van der Waals surface area contributed by atoms with Gasteiger partial charge in [-0.15, -0.1) is 0 Å². The van der Waals surface area contributed by atoms with E-state index in [1.165, 1.54) is 12.1 Å². The monoisotopic (exact) mass is 395 g/mol. The maximum absolute atomic E-state index is 13.4. The van der Waals surface area contributed by atoms with Crippen LogP contribution in [0.4, 0.5) is 9.18 Å². The highest BCUT2D eigenvalue weighted by Crippen LogP contribution is 2.22. The number of carbonyl (C=O) groups is 2. The van der Waals surface area contributed by atoms with E-state index in [1.807, 2.05) is 31.2 Å². The average molecular weight is 395 g/mol. The van der Waals surface area contributed by atoms with Crippen LogP contribution in [-0.4, -0.2) is 34.6 Å². The first-order valence-corrected chi connectivity index (χ1v) is 9.50. The highest BCUT2D eigenvalue weighted by atomic mass is 19.1. The number of amides is 3. The summed E-state index contributed by atoms with van der Waals surface area (Å²) in [5.74, 6) is -0.804. The molecule has 0 radical (unpaired) electrons. The molecule has 2 atom stereocenters. The number of hydrogen-bond acceptors (Lipinski definition) is 3. The third-order valence-electron chi connectivity index (χ3n) is 4.57. The van der Waals surface area contributed by atoms with Crippen molar-refractivity contribution in [1.82, 2.24) is 10.6 Å². The van der Waals surface area contributed by atoms with E-state index in [1.54, 1.807) is 23.0 Å². The first kappa shape index (κ1) is 20.4. The molecule has 7 heteroatoms. The fourth-order valence-electron chi connectivity index (χ4n) is 3.13. The molecule has 3 amide bonds. The zero-order chi connectivity index (χ0) is 21.0. The smallest absolute Gasteiger partial charge is 0.322 e. The van der Waals surface area contributed by atoms with Crippen molar-refractivity contribution in [2.75, 3.05) is 0 Å². The number of halogens is 1. The molecule has 2 heterocycles. The van der Waals surface area contributed by atoms with Gasteiger partial charge in [-0.05, 0) is 43.2 Å². The van der Waals surface area contributed by atoms with Gasteiger partial charge in [0.25, 0.3) is 5.91 Å². The van der Waals surface area contributed by atoms with Gasteiger partial charge in [-0.2, -0.15) is 0 Å². The summed E-state index contributed by atoms with van der Waals surface area (Å²) < 4.78 is 15.1. The lowest BCUT2D eigenvalue weighted by molar-refractivity contribution is -0.469. The van der Waals surface area contributed by atoms with E-state index < -0.39 is 23.9 Å². The predicted octanol–water partition coefficient (Wildman–Crippen LogP) is 3.12. The van der Waals surface area contributed by atoms with Crippen molar-refractivity contribution < 1.29 is 18.7 Å². The van der Waals surface area contributed by atoms with Gasteiger partial charge in [0.1, 0.15) is 23.5 Å². The Morgan fingerprint density at radius 2 is 1.93 bits per heavy atom. The number of imide groups is 1. The molecule has 0 bridgehead atoms. The van der Waals surface area contributed by atoms with Crippen LogP contribution >= 0.6 is 0 Å². The Hall–Kier alpha value is -3.35. The highest BCUT2D eigenvalue weighted by molar-refractivity contribution is 6.16. The average Bonchev–Trinajstić information content (AvgIpc) is 3.25. The molecule has 0 aliphatic carbocycles. The van der Waals surface area contributed by atoms with Crippen LogP contribution in [0.1, 0.15) is 26.3 Å². The van der Waals surface area contributed by atoms with E-state index in [2.05, 4.69) is 35.7 Å². The van der Waals surface area contributed by atoms with Gasteiger partial charge >= 0.3 is 6.03 Å². The summed E-state index contributed by atoms with van der Waals surface area (Å²) in [6.45, 7) is 6.09. The number of hydrogen-bond donors (Lipinski definition) is 2. The van der Waals surface area contributed by atoms with Crippen molar-refractivity contribution in [3.8, 4) is 0 Å². The molecule has 1 aromatic carbocycles. The lowest BCUT2D eigenvalue weighted by Crippen LogP contribution is -2.41. The second-order valence-electron chi connectivity index (χ2n) is 7.15. The Balaban J connectivity index is 1.95. The van der Waals surface area contributed by atoms with Crippen molar-refractivity contribution in [3.63, 3.8) is 0 Å². The number of carbonyl (C=O) groups excluding carboxylic acids is 2. The Kier molecular flexibility index (Phi) is 6.16. The number of nitrogens with one attached hydrogen (secondary N) is 2. The molecule has 2 N–H and O–H groups in total. The Morgan fingerprint density at radius 3 is 2.52 bits per heavy atom. The lowest BCUT2D eigenvalue weighted by atomic mass is 9.91. The first-order valence-electron chi connectivity index (χ1n) is 9.50. The van der Waals surface area contributed by atoms with Gasteiger partial charge in [-0.3, -0.25) is 10.1 Å². The maximum Gasteiger partial charge on any atom is 0.322 e. The molecule has 1 aromatic rings. The largest absolute Gasteiger partial charge is 0.325 e. The molecular weight excluding hydrogens is 371 g/mol. The van der Waals surface area contributed by atoms with E-state index in [0.29, 0.717) is 17.2 Å². The van der Waals surface area contributed by atoms with Gasteiger partial charge in [0.2, 0.25) is 5.70 Å². The molecule has 2 aliphatic rings. The van der Waals surface area contributed by atoms with Gasteiger partial charge in [-0.1, -0.05) is 36.8 Å². The van der Waals surface area contributed by atoms with Gasteiger partial charge in [0, 0.05) is 16.7 Å². The molecule has 6 nitrogen and oxygen atoms in total. The number of rotatable bonds is 6. The summed E-state index contributed by atoms with van der Waals surface area (Å²) in [6.07, 6.45) is 11.6. The molecule has 2 aliphatic heterocycles. The van der Waals surface area contributed by atoms with Gasteiger partial charge in [-0.25, -0.2) is 9.18 Å². The molecule has 1 saturated heterocycles.